The van der Waals surface area contributed by atoms with Gasteiger partial charge in [0.15, 0.2) is 0 Å². The molecule has 1 saturated carbocycles. The Balaban J connectivity index is 1.64. The fourth-order valence-corrected chi connectivity index (χ4v) is 2.72. The predicted octanol–water partition coefficient (Wildman–Crippen LogP) is 2.97. The van der Waals surface area contributed by atoms with Crippen molar-refractivity contribution in [1.29, 1.82) is 0 Å². The standard InChI is InChI=1S/C15H20Cl2N2O3/c16-12-2-1-3-13(14(12)17)22-9-8-18-15(21)19-10-4-6-11(20)7-5-10/h1-3,10-11,20H,4-9H2,(H2,18,19,21). The second-order valence-electron chi connectivity index (χ2n) is 5.31. The maximum absolute atomic E-state index is 11.7. The highest BCUT2D eigenvalue weighted by Crippen LogP contribution is 2.31. The molecule has 0 radical (unpaired) electrons. The molecular weight excluding hydrogens is 327 g/mol. The molecule has 1 aliphatic carbocycles. The summed E-state index contributed by atoms with van der Waals surface area (Å²) in [5.74, 6) is 0.498. The van der Waals surface area contributed by atoms with E-state index in [1.54, 1.807) is 18.2 Å². The number of halogens is 2. The number of aliphatic hydroxyl groups excluding tert-OH is 1. The zero-order chi connectivity index (χ0) is 15.9. The van der Waals surface area contributed by atoms with Crippen LogP contribution in [0.4, 0.5) is 4.79 Å². The number of ether oxygens (including phenoxy) is 1. The molecule has 0 heterocycles. The average Bonchev–Trinajstić information content (AvgIpc) is 2.50. The van der Waals surface area contributed by atoms with Crippen molar-refractivity contribution in [2.24, 2.45) is 0 Å². The molecule has 122 valence electrons. The number of amides is 2. The molecule has 0 saturated heterocycles. The quantitative estimate of drug-likeness (QED) is 0.717. The summed E-state index contributed by atoms with van der Waals surface area (Å²) in [6.45, 7) is 0.668. The van der Waals surface area contributed by atoms with E-state index in [1.165, 1.54) is 0 Å². The van der Waals surface area contributed by atoms with Crippen molar-refractivity contribution in [3.8, 4) is 5.75 Å². The maximum atomic E-state index is 11.7. The number of hydrogen-bond donors (Lipinski definition) is 3. The highest BCUT2D eigenvalue weighted by Gasteiger charge is 2.20. The average molecular weight is 347 g/mol. The second-order valence-corrected chi connectivity index (χ2v) is 6.09. The van der Waals surface area contributed by atoms with Gasteiger partial charge in [0, 0.05) is 6.04 Å². The van der Waals surface area contributed by atoms with Gasteiger partial charge in [-0.05, 0) is 37.8 Å². The van der Waals surface area contributed by atoms with Crippen LogP contribution in [0.2, 0.25) is 10.0 Å². The Morgan fingerprint density at radius 3 is 2.73 bits per heavy atom. The van der Waals surface area contributed by atoms with Crippen LogP contribution < -0.4 is 15.4 Å². The minimum atomic E-state index is -0.225. The van der Waals surface area contributed by atoms with Gasteiger partial charge in [0.25, 0.3) is 0 Å². The van der Waals surface area contributed by atoms with E-state index in [-0.39, 0.29) is 18.2 Å². The third-order valence-corrected chi connectivity index (χ3v) is 4.39. The second kappa shape index (κ2) is 8.46. The Morgan fingerprint density at radius 2 is 2.00 bits per heavy atom. The molecule has 3 N–H and O–H groups in total. The molecule has 0 aromatic heterocycles. The van der Waals surface area contributed by atoms with Crippen molar-refractivity contribution < 1.29 is 14.6 Å². The van der Waals surface area contributed by atoms with Gasteiger partial charge in [-0.2, -0.15) is 0 Å². The molecule has 0 bridgehead atoms. The number of carbonyl (C=O) groups is 1. The van der Waals surface area contributed by atoms with Crippen molar-refractivity contribution in [1.82, 2.24) is 10.6 Å². The number of urea groups is 1. The minimum absolute atomic E-state index is 0.131. The van der Waals surface area contributed by atoms with Crippen LogP contribution in [-0.4, -0.2) is 36.4 Å². The van der Waals surface area contributed by atoms with Crippen molar-refractivity contribution in [3.63, 3.8) is 0 Å². The zero-order valence-corrected chi connectivity index (χ0v) is 13.7. The van der Waals surface area contributed by atoms with Gasteiger partial charge in [-0.25, -0.2) is 4.79 Å². The molecule has 1 aromatic rings. The van der Waals surface area contributed by atoms with E-state index >= 15 is 0 Å². The molecular formula is C15H20Cl2N2O3. The van der Waals surface area contributed by atoms with E-state index in [9.17, 15) is 9.90 Å². The first-order valence-corrected chi connectivity index (χ1v) is 8.11. The van der Waals surface area contributed by atoms with Gasteiger partial charge in [0.05, 0.1) is 17.7 Å². The molecule has 1 aliphatic rings. The Bertz CT molecular complexity index is 506. The normalized spacial score (nSPS) is 21.2. The van der Waals surface area contributed by atoms with Gasteiger partial charge in [-0.3, -0.25) is 0 Å². The molecule has 0 atom stereocenters. The molecule has 7 heteroatoms. The minimum Gasteiger partial charge on any atom is -0.490 e. The lowest BCUT2D eigenvalue weighted by atomic mass is 9.93. The number of carbonyl (C=O) groups excluding carboxylic acids is 1. The van der Waals surface area contributed by atoms with E-state index in [0.717, 1.165) is 25.7 Å². The van der Waals surface area contributed by atoms with Crippen LogP contribution in [0.25, 0.3) is 0 Å². The van der Waals surface area contributed by atoms with Gasteiger partial charge in [0.1, 0.15) is 17.4 Å². The highest BCUT2D eigenvalue weighted by atomic mass is 35.5. The molecule has 0 unspecified atom stereocenters. The first kappa shape index (κ1) is 17.2. The van der Waals surface area contributed by atoms with Crippen molar-refractivity contribution in [3.05, 3.63) is 28.2 Å². The van der Waals surface area contributed by atoms with Crippen LogP contribution in [0.5, 0.6) is 5.75 Å². The molecule has 5 nitrogen and oxygen atoms in total. The van der Waals surface area contributed by atoms with E-state index in [2.05, 4.69) is 10.6 Å². The Kier molecular flexibility index (Phi) is 6.61. The molecule has 1 aromatic carbocycles. The Morgan fingerprint density at radius 1 is 1.27 bits per heavy atom. The summed E-state index contributed by atoms with van der Waals surface area (Å²) >= 11 is 11.9. The largest absolute Gasteiger partial charge is 0.490 e. The van der Waals surface area contributed by atoms with E-state index in [0.29, 0.717) is 28.9 Å². The highest BCUT2D eigenvalue weighted by molar-refractivity contribution is 6.42. The van der Waals surface area contributed by atoms with Crippen LogP contribution in [0.15, 0.2) is 18.2 Å². The molecule has 22 heavy (non-hydrogen) atoms. The molecule has 2 amide bonds. The number of benzene rings is 1. The van der Waals surface area contributed by atoms with Crippen molar-refractivity contribution in [2.45, 2.75) is 37.8 Å². The summed E-state index contributed by atoms with van der Waals surface area (Å²) in [7, 11) is 0. The fourth-order valence-electron chi connectivity index (χ4n) is 2.38. The smallest absolute Gasteiger partial charge is 0.315 e. The van der Waals surface area contributed by atoms with E-state index in [1.807, 2.05) is 0 Å². The lowest BCUT2D eigenvalue weighted by molar-refractivity contribution is 0.117. The van der Waals surface area contributed by atoms with Crippen molar-refractivity contribution >= 4 is 29.2 Å². The zero-order valence-electron chi connectivity index (χ0n) is 12.1. The number of hydrogen-bond acceptors (Lipinski definition) is 3. The van der Waals surface area contributed by atoms with E-state index in [4.69, 9.17) is 27.9 Å². The number of aliphatic hydroxyl groups is 1. The van der Waals surface area contributed by atoms with Crippen molar-refractivity contribution in [2.75, 3.05) is 13.2 Å². The maximum Gasteiger partial charge on any atom is 0.315 e. The van der Waals surface area contributed by atoms with Crippen LogP contribution in [-0.2, 0) is 0 Å². The molecule has 2 rings (SSSR count). The first-order valence-electron chi connectivity index (χ1n) is 7.35. The van der Waals surface area contributed by atoms with Crippen LogP contribution in [0.1, 0.15) is 25.7 Å². The topological polar surface area (TPSA) is 70.6 Å². The molecule has 0 aliphatic heterocycles. The monoisotopic (exact) mass is 346 g/mol. The van der Waals surface area contributed by atoms with Gasteiger partial charge in [0.2, 0.25) is 0 Å². The van der Waals surface area contributed by atoms with Gasteiger partial charge in [-0.15, -0.1) is 0 Å². The summed E-state index contributed by atoms with van der Waals surface area (Å²) in [5.41, 5.74) is 0. The van der Waals surface area contributed by atoms with E-state index < -0.39 is 0 Å². The summed E-state index contributed by atoms with van der Waals surface area (Å²) in [5, 5.41) is 15.9. The third-order valence-electron chi connectivity index (χ3n) is 3.59. The Labute approximate surface area is 139 Å². The summed E-state index contributed by atoms with van der Waals surface area (Å²) < 4.78 is 5.48. The van der Waals surface area contributed by atoms with Crippen LogP contribution in [0.3, 0.4) is 0 Å². The summed E-state index contributed by atoms with van der Waals surface area (Å²) in [4.78, 5) is 11.7. The van der Waals surface area contributed by atoms with Gasteiger partial charge >= 0.3 is 6.03 Å². The SMILES string of the molecule is O=C(NCCOc1cccc(Cl)c1Cl)NC1CCC(O)CC1. The van der Waals surface area contributed by atoms with Gasteiger partial charge in [-0.1, -0.05) is 29.3 Å². The third kappa shape index (κ3) is 5.23. The molecule has 1 fully saturated rings. The summed E-state index contributed by atoms with van der Waals surface area (Å²) in [6, 6.07) is 5.07. The Hall–Kier alpha value is -1.17. The summed E-state index contributed by atoms with van der Waals surface area (Å²) in [6.07, 6.45) is 2.87. The van der Waals surface area contributed by atoms with Crippen LogP contribution in [0, 0.1) is 0 Å². The molecule has 0 spiro atoms. The fraction of sp³-hybridized carbons (Fsp3) is 0.533. The first-order chi connectivity index (χ1) is 10.6. The number of rotatable bonds is 5. The van der Waals surface area contributed by atoms with Crippen LogP contribution >= 0.6 is 23.2 Å². The number of nitrogens with one attached hydrogen (secondary N) is 2. The predicted molar refractivity (Wildman–Crippen MR) is 86.8 cm³/mol. The lowest BCUT2D eigenvalue weighted by Gasteiger charge is -2.26. The lowest BCUT2D eigenvalue weighted by Crippen LogP contribution is -2.45. The van der Waals surface area contributed by atoms with Gasteiger partial charge < -0.3 is 20.5 Å².